The lowest BCUT2D eigenvalue weighted by atomic mass is 10.1. The van der Waals surface area contributed by atoms with Crippen LogP contribution in [0.3, 0.4) is 0 Å². The SMILES string of the molecule is O=C(Cn1cc(Br)cn1)NC(C1CC1)C1CC1. The summed E-state index contributed by atoms with van der Waals surface area (Å²) in [6, 6.07) is 0.432. The number of carbonyl (C=O) groups excluding carboxylic acids is 1. The van der Waals surface area contributed by atoms with E-state index in [2.05, 4.69) is 26.3 Å². The Labute approximate surface area is 109 Å². The molecule has 1 amide bonds. The van der Waals surface area contributed by atoms with Gasteiger partial charge >= 0.3 is 0 Å². The van der Waals surface area contributed by atoms with Crippen molar-refractivity contribution in [3.8, 4) is 0 Å². The highest BCUT2D eigenvalue weighted by atomic mass is 79.9. The number of amides is 1. The standard InChI is InChI=1S/C12H16BrN3O/c13-10-5-14-16(6-10)7-11(17)15-12(8-1-2-8)9-3-4-9/h5-6,8-9,12H,1-4,7H2,(H,15,17). The minimum atomic E-state index is 0.0874. The molecule has 5 heteroatoms. The van der Waals surface area contributed by atoms with Gasteiger partial charge < -0.3 is 5.32 Å². The second kappa shape index (κ2) is 4.44. The predicted octanol–water partition coefficient (Wildman–Crippen LogP) is 1.95. The van der Waals surface area contributed by atoms with Gasteiger partial charge in [0, 0.05) is 12.2 Å². The molecule has 0 bridgehead atoms. The number of hydrogen-bond donors (Lipinski definition) is 1. The van der Waals surface area contributed by atoms with Gasteiger partial charge in [0.15, 0.2) is 0 Å². The van der Waals surface area contributed by atoms with Gasteiger partial charge in [0.2, 0.25) is 5.91 Å². The Hall–Kier alpha value is -0.840. The van der Waals surface area contributed by atoms with Crippen molar-refractivity contribution in [1.29, 1.82) is 0 Å². The summed E-state index contributed by atoms with van der Waals surface area (Å²) in [4.78, 5) is 11.9. The summed E-state index contributed by atoms with van der Waals surface area (Å²) in [5.74, 6) is 1.58. The van der Waals surface area contributed by atoms with Gasteiger partial charge in [-0.1, -0.05) is 0 Å². The molecule has 0 saturated heterocycles. The molecule has 0 spiro atoms. The molecule has 2 saturated carbocycles. The van der Waals surface area contributed by atoms with Crippen molar-refractivity contribution >= 4 is 21.8 Å². The summed E-state index contributed by atoms with van der Waals surface area (Å²) in [6.07, 6.45) is 8.67. The fraction of sp³-hybridized carbons (Fsp3) is 0.667. The number of halogens is 1. The van der Waals surface area contributed by atoms with Crippen LogP contribution in [0.2, 0.25) is 0 Å². The highest BCUT2D eigenvalue weighted by Crippen LogP contribution is 2.44. The molecule has 1 aromatic rings. The van der Waals surface area contributed by atoms with Crippen LogP contribution in [-0.4, -0.2) is 21.7 Å². The minimum Gasteiger partial charge on any atom is -0.351 e. The highest BCUT2D eigenvalue weighted by molar-refractivity contribution is 9.10. The third-order valence-corrected chi connectivity index (χ3v) is 3.90. The molecule has 0 aromatic carbocycles. The van der Waals surface area contributed by atoms with E-state index in [4.69, 9.17) is 0 Å². The van der Waals surface area contributed by atoms with Gasteiger partial charge in [0.25, 0.3) is 0 Å². The molecular weight excluding hydrogens is 282 g/mol. The van der Waals surface area contributed by atoms with E-state index in [9.17, 15) is 4.79 Å². The molecule has 17 heavy (non-hydrogen) atoms. The fourth-order valence-electron chi connectivity index (χ4n) is 2.33. The van der Waals surface area contributed by atoms with Gasteiger partial charge in [-0.3, -0.25) is 9.48 Å². The van der Waals surface area contributed by atoms with Crippen LogP contribution < -0.4 is 5.32 Å². The summed E-state index contributed by atoms with van der Waals surface area (Å²) < 4.78 is 2.57. The quantitative estimate of drug-likeness (QED) is 0.903. The molecule has 0 atom stereocenters. The summed E-state index contributed by atoms with van der Waals surface area (Å²) >= 11 is 3.32. The van der Waals surface area contributed by atoms with Gasteiger partial charge in [0.05, 0.1) is 10.7 Å². The van der Waals surface area contributed by atoms with Crippen molar-refractivity contribution in [1.82, 2.24) is 15.1 Å². The molecule has 0 aliphatic heterocycles. The first kappa shape index (κ1) is 11.3. The van der Waals surface area contributed by atoms with Crippen LogP contribution in [0.1, 0.15) is 25.7 Å². The third-order valence-electron chi connectivity index (χ3n) is 3.49. The van der Waals surface area contributed by atoms with Crippen molar-refractivity contribution in [3.63, 3.8) is 0 Å². The van der Waals surface area contributed by atoms with Crippen LogP contribution in [-0.2, 0) is 11.3 Å². The van der Waals surface area contributed by atoms with Crippen LogP contribution in [0.25, 0.3) is 0 Å². The van der Waals surface area contributed by atoms with Crippen molar-refractivity contribution < 1.29 is 4.79 Å². The maximum atomic E-state index is 11.9. The van der Waals surface area contributed by atoms with Crippen molar-refractivity contribution in [2.45, 2.75) is 38.3 Å². The number of rotatable bonds is 5. The average Bonchev–Trinajstić information content (AvgIpc) is 3.17. The molecule has 1 N–H and O–H groups in total. The van der Waals surface area contributed by atoms with E-state index in [1.807, 2.05) is 6.20 Å². The lowest BCUT2D eigenvalue weighted by Gasteiger charge is -2.17. The number of nitrogens with zero attached hydrogens (tertiary/aromatic N) is 2. The largest absolute Gasteiger partial charge is 0.351 e. The Morgan fingerprint density at radius 1 is 1.47 bits per heavy atom. The zero-order valence-corrected chi connectivity index (χ0v) is 11.2. The minimum absolute atomic E-state index is 0.0874. The molecular formula is C12H16BrN3O. The van der Waals surface area contributed by atoms with Crippen LogP contribution in [0.15, 0.2) is 16.9 Å². The first-order chi connectivity index (χ1) is 8.22. The van der Waals surface area contributed by atoms with Gasteiger partial charge in [-0.05, 0) is 53.4 Å². The van der Waals surface area contributed by atoms with Crippen molar-refractivity contribution in [3.05, 3.63) is 16.9 Å². The van der Waals surface area contributed by atoms with Gasteiger partial charge in [0.1, 0.15) is 6.54 Å². The van der Waals surface area contributed by atoms with E-state index < -0.39 is 0 Å². The van der Waals surface area contributed by atoms with E-state index >= 15 is 0 Å². The van der Waals surface area contributed by atoms with Crippen molar-refractivity contribution in [2.75, 3.05) is 0 Å². The topological polar surface area (TPSA) is 46.9 Å². The lowest BCUT2D eigenvalue weighted by molar-refractivity contribution is -0.122. The molecule has 2 fully saturated rings. The summed E-state index contributed by atoms with van der Waals surface area (Å²) in [5, 5.41) is 7.28. The third kappa shape index (κ3) is 2.89. The Kier molecular flexibility index (Phi) is 2.94. The van der Waals surface area contributed by atoms with E-state index in [1.54, 1.807) is 10.9 Å². The zero-order chi connectivity index (χ0) is 11.8. The molecule has 4 nitrogen and oxygen atoms in total. The second-order valence-electron chi connectivity index (χ2n) is 5.12. The lowest BCUT2D eigenvalue weighted by Crippen LogP contribution is -2.40. The first-order valence-electron chi connectivity index (χ1n) is 6.19. The van der Waals surface area contributed by atoms with Gasteiger partial charge in [-0.2, -0.15) is 5.10 Å². The van der Waals surface area contributed by atoms with Crippen LogP contribution >= 0.6 is 15.9 Å². The Morgan fingerprint density at radius 2 is 2.12 bits per heavy atom. The molecule has 92 valence electrons. The summed E-state index contributed by atoms with van der Waals surface area (Å²) in [6.45, 7) is 0.321. The van der Waals surface area contributed by atoms with E-state index in [0.29, 0.717) is 12.6 Å². The summed E-state index contributed by atoms with van der Waals surface area (Å²) in [5.41, 5.74) is 0. The summed E-state index contributed by atoms with van der Waals surface area (Å²) in [7, 11) is 0. The molecule has 2 aliphatic carbocycles. The molecule has 0 unspecified atom stereocenters. The van der Waals surface area contributed by atoms with Gasteiger partial charge in [-0.25, -0.2) is 0 Å². The maximum absolute atomic E-state index is 11.9. The average molecular weight is 298 g/mol. The normalized spacial score (nSPS) is 19.6. The second-order valence-corrected chi connectivity index (χ2v) is 6.04. The molecule has 1 heterocycles. The predicted molar refractivity (Wildman–Crippen MR) is 67.3 cm³/mol. The number of nitrogens with one attached hydrogen (secondary N) is 1. The zero-order valence-electron chi connectivity index (χ0n) is 9.60. The maximum Gasteiger partial charge on any atom is 0.241 e. The van der Waals surface area contributed by atoms with E-state index in [0.717, 1.165) is 16.3 Å². The monoisotopic (exact) mass is 297 g/mol. The number of carbonyl (C=O) groups is 1. The molecule has 0 radical (unpaired) electrons. The Bertz CT molecular complexity index is 411. The fourth-order valence-corrected chi connectivity index (χ4v) is 2.66. The van der Waals surface area contributed by atoms with Gasteiger partial charge in [-0.15, -0.1) is 0 Å². The van der Waals surface area contributed by atoms with Crippen LogP contribution in [0.5, 0.6) is 0 Å². The number of aromatic nitrogens is 2. The number of hydrogen-bond acceptors (Lipinski definition) is 2. The van der Waals surface area contributed by atoms with Crippen molar-refractivity contribution in [2.24, 2.45) is 11.8 Å². The first-order valence-corrected chi connectivity index (χ1v) is 6.99. The molecule has 1 aromatic heterocycles. The Morgan fingerprint density at radius 3 is 2.59 bits per heavy atom. The Balaban J connectivity index is 1.55. The van der Waals surface area contributed by atoms with E-state index in [-0.39, 0.29) is 5.91 Å². The smallest absolute Gasteiger partial charge is 0.241 e. The molecule has 2 aliphatic rings. The van der Waals surface area contributed by atoms with E-state index in [1.165, 1.54) is 25.7 Å². The highest BCUT2D eigenvalue weighted by Gasteiger charge is 2.42. The van der Waals surface area contributed by atoms with Crippen LogP contribution in [0.4, 0.5) is 0 Å². The molecule has 3 rings (SSSR count). The van der Waals surface area contributed by atoms with Crippen LogP contribution in [0, 0.1) is 11.8 Å².